The second-order valence-corrected chi connectivity index (χ2v) is 5.31. The quantitative estimate of drug-likeness (QED) is 0.775. The Hall–Kier alpha value is -1.88. The van der Waals surface area contributed by atoms with Crippen LogP contribution in [0.5, 0.6) is 11.5 Å². The number of carbonyl (C=O) groups excluding carboxylic acids is 1. The average Bonchev–Trinajstić information content (AvgIpc) is 2.49. The SMILES string of the molecule is COc1cc(C(=O)c2cccc(C)c2F)c(OC)cc1Br. The summed E-state index contributed by atoms with van der Waals surface area (Å²) in [5.41, 5.74) is 0.684. The van der Waals surface area contributed by atoms with E-state index in [1.54, 1.807) is 25.1 Å². The second-order valence-electron chi connectivity index (χ2n) is 4.45. The summed E-state index contributed by atoms with van der Waals surface area (Å²) < 4.78 is 25.2. The Morgan fingerprint density at radius 2 is 1.76 bits per heavy atom. The maximum absolute atomic E-state index is 14.1. The molecule has 0 saturated heterocycles. The standard InChI is InChI=1S/C16H14BrFO3/c1-9-5-4-6-10(15(9)18)16(19)11-7-14(21-3)12(17)8-13(11)20-2/h4-8H,1-3H3. The van der Waals surface area contributed by atoms with Crippen molar-refractivity contribution < 1.29 is 18.7 Å². The van der Waals surface area contributed by atoms with E-state index in [0.717, 1.165) is 0 Å². The molecule has 0 aliphatic carbocycles. The van der Waals surface area contributed by atoms with Gasteiger partial charge in [-0.3, -0.25) is 4.79 Å². The molecule has 0 bridgehead atoms. The van der Waals surface area contributed by atoms with Crippen LogP contribution in [-0.4, -0.2) is 20.0 Å². The molecule has 0 saturated carbocycles. The third kappa shape index (κ3) is 2.93. The molecule has 0 heterocycles. The fourth-order valence-electron chi connectivity index (χ4n) is 2.01. The summed E-state index contributed by atoms with van der Waals surface area (Å²) in [7, 11) is 2.95. The molecule has 2 rings (SSSR count). The summed E-state index contributed by atoms with van der Waals surface area (Å²) in [5.74, 6) is -0.133. The Labute approximate surface area is 130 Å². The number of ether oxygens (including phenoxy) is 2. The zero-order valence-electron chi connectivity index (χ0n) is 11.9. The lowest BCUT2D eigenvalue weighted by Crippen LogP contribution is -2.08. The number of halogens is 2. The lowest BCUT2D eigenvalue weighted by Gasteiger charge is -2.12. The van der Waals surface area contributed by atoms with Gasteiger partial charge in [0.2, 0.25) is 0 Å². The fraction of sp³-hybridized carbons (Fsp3) is 0.188. The van der Waals surface area contributed by atoms with Crippen LogP contribution >= 0.6 is 15.9 Å². The summed E-state index contributed by atoms with van der Waals surface area (Å²) in [6.07, 6.45) is 0. The highest BCUT2D eigenvalue weighted by Crippen LogP contribution is 2.34. The van der Waals surface area contributed by atoms with Crippen molar-refractivity contribution in [2.75, 3.05) is 14.2 Å². The Bertz CT molecular complexity index is 698. The monoisotopic (exact) mass is 352 g/mol. The van der Waals surface area contributed by atoms with E-state index < -0.39 is 11.6 Å². The highest BCUT2D eigenvalue weighted by Gasteiger charge is 2.21. The van der Waals surface area contributed by atoms with Gasteiger partial charge in [-0.25, -0.2) is 4.39 Å². The van der Waals surface area contributed by atoms with Crippen molar-refractivity contribution in [3.63, 3.8) is 0 Å². The first-order chi connectivity index (χ1) is 9.99. The molecule has 0 aliphatic rings. The smallest absolute Gasteiger partial charge is 0.199 e. The minimum absolute atomic E-state index is 0.0117. The van der Waals surface area contributed by atoms with E-state index in [0.29, 0.717) is 21.5 Å². The molecule has 0 fully saturated rings. The first-order valence-electron chi connectivity index (χ1n) is 6.21. The van der Waals surface area contributed by atoms with Crippen LogP contribution in [0.3, 0.4) is 0 Å². The molecule has 21 heavy (non-hydrogen) atoms. The van der Waals surface area contributed by atoms with Gasteiger partial charge in [-0.15, -0.1) is 0 Å². The van der Waals surface area contributed by atoms with E-state index in [1.807, 2.05) is 0 Å². The number of carbonyl (C=O) groups is 1. The lowest BCUT2D eigenvalue weighted by atomic mass is 10.00. The van der Waals surface area contributed by atoms with E-state index in [2.05, 4.69) is 15.9 Å². The van der Waals surface area contributed by atoms with Gasteiger partial charge in [0.05, 0.1) is 29.8 Å². The van der Waals surface area contributed by atoms with E-state index in [9.17, 15) is 9.18 Å². The minimum atomic E-state index is -0.522. The molecule has 0 N–H and O–H groups in total. The average molecular weight is 353 g/mol. The Kier molecular flexibility index (Phi) is 4.63. The molecule has 0 amide bonds. The highest BCUT2D eigenvalue weighted by atomic mass is 79.9. The van der Waals surface area contributed by atoms with Crippen molar-refractivity contribution in [1.82, 2.24) is 0 Å². The van der Waals surface area contributed by atoms with Crippen molar-refractivity contribution in [3.05, 3.63) is 57.3 Å². The molecule has 2 aromatic carbocycles. The molecule has 0 unspecified atom stereocenters. The van der Waals surface area contributed by atoms with Crippen molar-refractivity contribution in [1.29, 1.82) is 0 Å². The third-order valence-corrected chi connectivity index (χ3v) is 3.77. The van der Waals surface area contributed by atoms with E-state index in [4.69, 9.17) is 9.47 Å². The van der Waals surface area contributed by atoms with Gasteiger partial charge < -0.3 is 9.47 Å². The minimum Gasteiger partial charge on any atom is -0.496 e. The van der Waals surface area contributed by atoms with Crippen LogP contribution in [0.4, 0.5) is 4.39 Å². The number of hydrogen-bond acceptors (Lipinski definition) is 3. The predicted molar refractivity (Wildman–Crippen MR) is 81.8 cm³/mol. The van der Waals surface area contributed by atoms with E-state index in [-0.39, 0.29) is 11.1 Å². The number of rotatable bonds is 4. The zero-order valence-corrected chi connectivity index (χ0v) is 13.5. The van der Waals surface area contributed by atoms with Gasteiger partial charge in [0.1, 0.15) is 17.3 Å². The van der Waals surface area contributed by atoms with E-state index in [1.165, 1.54) is 26.4 Å². The van der Waals surface area contributed by atoms with Gasteiger partial charge in [-0.05, 0) is 46.6 Å². The zero-order chi connectivity index (χ0) is 15.6. The summed E-state index contributed by atoms with van der Waals surface area (Å²) in [5, 5.41) is 0. The molecular formula is C16H14BrFO3. The maximum Gasteiger partial charge on any atom is 0.199 e. The third-order valence-electron chi connectivity index (χ3n) is 3.15. The maximum atomic E-state index is 14.1. The van der Waals surface area contributed by atoms with Gasteiger partial charge in [0.25, 0.3) is 0 Å². The highest BCUT2D eigenvalue weighted by molar-refractivity contribution is 9.10. The lowest BCUT2D eigenvalue weighted by molar-refractivity contribution is 0.103. The fourth-order valence-corrected chi connectivity index (χ4v) is 2.49. The number of methoxy groups -OCH3 is 2. The van der Waals surface area contributed by atoms with Crippen LogP contribution in [-0.2, 0) is 0 Å². The molecule has 0 aromatic heterocycles. The van der Waals surface area contributed by atoms with Crippen molar-refractivity contribution in [2.24, 2.45) is 0 Å². The van der Waals surface area contributed by atoms with Crippen LogP contribution in [0.25, 0.3) is 0 Å². The number of hydrogen-bond donors (Lipinski definition) is 0. The van der Waals surface area contributed by atoms with Gasteiger partial charge in [-0.1, -0.05) is 12.1 Å². The van der Waals surface area contributed by atoms with Crippen LogP contribution in [0.1, 0.15) is 21.5 Å². The normalized spacial score (nSPS) is 10.3. The first-order valence-corrected chi connectivity index (χ1v) is 7.00. The second kappa shape index (κ2) is 6.26. The van der Waals surface area contributed by atoms with Crippen molar-refractivity contribution in [2.45, 2.75) is 6.92 Å². The summed E-state index contributed by atoms with van der Waals surface area (Å²) in [6, 6.07) is 7.88. The molecule has 3 nitrogen and oxygen atoms in total. The first kappa shape index (κ1) is 15.5. The van der Waals surface area contributed by atoms with Gasteiger partial charge in [-0.2, -0.15) is 0 Å². The largest absolute Gasteiger partial charge is 0.496 e. The number of ketones is 1. The summed E-state index contributed by atoms with van der Waals surface area (Å²) >= 11 is 3.32. The molecule has 0 aliphatic heterocycles. The van der Waals surface area contributed by atoms with Crippen LogP contribution < -0.4 is 9.47 Å². The van der Waals surface area contributed by atoms with Crippen molar-refractivity contribution in [3.8, 4) is 11.5 Å². The van der Waals surface area contributed by atoms with Crippen LogP contribution in [0, 0.1) is 12.7 Å². The van der Waals surface area contributed by atoms with Gasteiger partial charge in [0.15, 0.2) is 5.78 Å². The number of benzene rings is 2. The molecule has 0 atom stereocenters. The summed E-state index contributed by atoms with van der Waals surface area (Å²) in [6.45, 7) is 1.62. The molecule has 0 spiro atoms. The molecule has 0 radical (unpaired) electrons. The Morgan fingerprint density at radius 3 is 2.38 bits per heavy atom. The Balaban J connectivity index is 2.60. The van der Waals surface area contributed by atoms with E-state index >= 15 is 0 Å². The molecule has 110 valence electrons. The van der Waals surface area contributed by atoms with Crippen LogP contribution in [0.15, 0.2) is 34.8 Å². The topological polar surface area (TPSA) is 35.5 Å². The predicted octanol–water partition coefficient (Wildman–Crippen LogP) is 4.14. The summed E-state index contributed by atoms with van der Waals surface area (Å²) in [4.78, 5) is 12.6. The molecule has 2 aromatic rings. The molecular weight excluding hydrogens is 339 g/mol. The molecule has 5 heteroatoms. The van der Waals surface area contributed by atoms with Crippen molar-refractivity contribution >= 4 is 21.7 Å². The van der Waals surface area contributed by atoms with Gasteiger partial charge in [0, 0.05) is 0 Å². The van der Waals surface area contributed by atoms with Gasteiger partial charge >= 0.3 is 0 Å². The Morgan fingerprint density at radius 1 is 1.10 bits per heavy atom. The van der Waals surface area contributed by atoms with Crippen LogP contribution in [0.2, 0.25) is 0 Å². The number of aryl methyl sites for hydroxylation is 1.